The molecule has 0 aliphatic heterocycles. The first kappa shape index (κ1) is 14.8. The van der Waals surface area contributed by atoms with Gasteiger partial charge in [0.15, 0.2) is 5.69 Å². The van der Waals surface area contributed by atoms with Crippen molar-refractivity contribution in [2.75, 3.05) is 12.8 Å². The van der Waals surface area contributed by atoms with Gasteiger partial charge in [-0.05, 0) is 29.8 Å². The number of pyridine rings is 1. The normalized spacial score (nSPS) is 11.2. The van der Waals surface area contributed by atoms with Crippen molar-refractivity contribution in [2.45, 2.75) is 6.18 Å². The topological polar surface area (TPSA) is 65.2 Å². The Hall–Kier alpha value is -2.57. The van der Waals surface area contributed by atoms with E-state index in [2.05, 4.69) is 9.72 Å². The second-order valence-corrected chi connectivity index (χ2v) is 4.20. The summed E-state index contributed by atoms with van der Waals surface area (Å²) in [5.74, 6) is -0.713. The lowest BCUT2D eigenvalue weighted by molar-refractivity contribution is -0.137. The Kier molecular flexibility index (Phi) is 3.84. The second-order valence-electron chi connectivity index (χ2n) is 4.20. The molecule has 0 radical (unpaired) electrons. The lowest BCUT2D eigenvalue weighted by Crippen LogP contribution is -2.07. The van der Waals surface area contributed by atoms with Gasteiger partial charge in [-0.25, -0.2) is 9.78 Å². The van der Waals surface area contributed by atoms with E-state index in [1.54, 1.807) is 0 Å². The number of carbonyl (C=O) groups is 1. The van der Waals surface area contributed by atoms with Gasteiger partial charge in [0.05, 0.1) is 12.7 Å². The Morgan fingerprint density at radius 1 is 1.24 bits per heavy atom. The maximum absolute atomic E-state index is 12.7. The average Bonchev–Trinajstić information content (AvgIpc) is 2.45. The van der Waals surface area contributed by atoms with Crippen LogP contribution >= 0.6 is 0 Å². The predicted octanol–water partition coefficient (Wildman–Crippen LogP) is 3.14. The van der Waals surface area contributed by atoms with E-state index in [0.29, 0.717) is 5.56 Å². The fraction of sp³-hybridized carbons (Fsp3) is 0.143. The van der Waals surface area contributed by atoms with Crippen molar-refractivity contribution in [3.8, 4) is 11.1 Å². The fourth-order valence-electron chi connectivity index (χ4n) is 1.80. The Balaban J connectivity index is 2.46. The third-order valence-electron chi connectivity index (χ3n) is 2.82. The van der Waals surface area contributed by atoms with Crippen molar-refractivity contribution < 1.29 is 22.7 Å². The number of carbonyl (C=O) groups excluding carboxylic acids is 1. The molecule has 0 saturated carbocycles. The lowest BCUT2D eigenvalue weighted by atomic mass is 10.0. The average molecular weight is 296 g/mol. The van der Waals surface area contributed by atoms with Gasteiger partial charge in [-0.1, -0.05) is 12.1 Å². The zero-order chi connectivity index (χ0) is 15.6. The number of nitrogens with zero attached hydrogens (tertiary/aromatic N) is 1. The molecule has 0 aliphatic carbocycles. The summed E-state index contributed by atoms with van der Waals surface area (Å²) in [5, 5.41) is 0. The Labute approximate surface area is 118 Å². The van der Waals surface area contributed by atoms with Crippen LogP contribution in [0, 0.1) is 0 Å². The van der Waals surface area contributed by atoms with Crippen LogP contribution < -0.4 is 5.73 Å². The van der Waals surface area contributed by atoms with E-state index >= 15 is 0 Å². The van der Waals surface area contributed by atoms with Crippen LogP contribution in [-0.2, 0) is 10.9 Å². The lowest BCUT2D eigenvalue weighted by Gasteiger charge is -2.10. The summed E-state index contributed by atoms with van der Waals surface area (Å²) in [5.41, 5.74) is 5.50. The van der Waals surface area contributed by atoms with Crippen LogP contribution in [0.2, 0.25) is 0 Å². The number of esters is 1. The SMILES string of the molecule is COC(=O)c1ccc(-c2cccc(C(F)(F)F)c2)c(N)n1. The van der Waals surface area contributed by atoms with E-state index < -0.39 is 17.7 Å². The molecule has 0 spiro atoms. The summed E-state index contributed by atoms with van der Waals surface area (Å²) >= 11 is 0. The zero-order valence-corrected chi connectivity index (χ0v) is 10.9. The quantitative estimate of drug-likeness (QED) is 0.865. The van der Waals surface area contributed by atoms with E-state index in [9.17, 15) is 18.0 Å². The van der Waals surface area contributed by atoms with E-state index in [1.165, 1.54) is 31.4 Å². The van der Waals surface area contributed by atoms with E-state index in [1.807, 2.05) is 0 Å². The van der Waals surface area contributed by atoms with Crippen molar-refractivity contribution in [3.05, 3.63) is 47.7 Å². The first-order valence-electron chi connectivity index (χ1n) is 5.85. The summed E-state index contributed by atoms with van der Waals surface area (Å²) in [7, 11) is 1.20. The summed E-state index contributed by atoms with van der Waals surface area (Å²) in [6, 6.07) is 7.50. The Bertz CT molecular complexity index is 684. The highest BCUT2D eigenvalue weighted by Crippen LogP contribution is 2.33. The van der Waals surface area contributed by atoms with Gasteiger partial charge in [0.25, 0.3) is 0 Å². The van der Waals surface area contributed by atoms with Gasteiger partial charge >= 0.3 is 12.1 Å². The molecular weight excluding hydrogens is 285 g/mol. The third kappa shape index (κ3) is 3.13. The number of nitrogens with two attached hydrogens (primary N) is 1. The van der Waals surface area contributed by atoms with Gasteiger partial charge in [0, 0.05) is 5.56 Å². The number of rotatable bonds is 2. The van der Waals surface area contributed by atoms with Gasteiger partial charge in [-0.2, -0.15) is 13.2 Å². The molecule has 0 unspecified atom stereocenters. The van der Waals surface area contributed by atoms with Crippen molar-refractivity contribution in [1.82, 2.24) is 4.98 Å². The van der Waals surface area contributed by atoms with E-state index in [4.69, 9.17) is 5.73 Å². The minimum Gasteiger partial charge on any atom is -0.464 e. The molecule has 2 N–H and O–H groups in total. The van der Waals surface area contributed by atoms with Crippen LogP contribution in [0.5, 0.6) is 0 Å². The monoisotopic (exact) mass is 296 g/mol. The number of benzene rings is 1. The van der Waals surface area contributed by atoms with Gasteiger partial charge in [-0.15, -0.1) is 0 Å². The second kappa shape index (κ2) is 5.43. The molecule has 0 bridgehead atoms. The molecule has 2 aromatic rings. The van der Waals surface area contributed by atoms with Gasteiger partial charge < -0.3 is 10.5 Å². The van der Waals surface area contributed by atoms with Crippen LogP contribution in [0.3, 0.4) is 0 Å². The highest BCUT2D eigenvalue weighted by Gasteiger charge is 2.30. The molecule has 2 rings (SSSR count). The number of anilines is 1. The molecule has 4 nitrogen and oxygen atoms in total. The van der Waals surface area contributed by atoms with Gasteiger partial charge in [0.1, 0.15) is 5.82 Å². The molecule has 0 atom stereocenters. The number of hydrogen-bond acceptors (Lipinski definition) is 4. The summed E-state index contributed by atoms with van der Waals surface area (Å²) in [4.78, 5) is 15.1. The number of methoxy groups -OCH3 is 1. The Morgan fingerprint density at radius 2 is 1.95 bits per heavy atom. The molecule has 21 heavy (non-hydrogen) atoms. The smallest absolute Gasteiger partial charge is 0.416 e. The molecule has 0 fully saturated rings. The number of aromatic nitrogens is 1. The van der Waals surface area contributed by atoms with Crippen molar-refractivity contribution >= 4 is 11.8 Å². The predicted molar refractivity (Wildman–Crippen MR) is 70.4 cm³/mol. The number of alkyl halides is 3. The first-order chi connectivity index (χ1) is 9.82. The highest BCUT2D eigenvalue weighted by molar-refractivity contribution is 5.89. The van der Waals surface area contributed by atoms with Crippen molar-refractivity contribution in [1.29, 1.82) is 0 Å². The standard InChI is InChI=1S/C14H11F3N2O2/c1-21-13(20)11-6-5-10(12(18)19-11)8-3-2-4-9(7-8)14(15,16)17/h2-7H,1H3,(H2,18,19). The maximum atomic E-state index is 12.7. The van der Waals surface area contributed by atoms with Crippen LogP contribution in [0.4, 0.5) is 19.0 Å². The summed E-state index contributed by atoms with van der Waals surface area (Å²) < 4.78 is 42.6. The molecule has 1 aromatic heterocycles. The van der Waals surface area contributed by atoms with E-state index in [0.717, 1.165) is 12.1 Å². The largest absolute Gasteiger partial charge is 0.464 e. The molecule has 110 valence electrons. The van der Waals surface area contributed by atoms with Crippen LogP contribution in [0.25, 0.3) is 11.1 Å². The molecular formula is C14H11F3N2O2. The molecule has 0 saturated heterocycles. The molecule has 0 amide bonds. The highest BCUT2D eigenvalue weighted by atomic mass is 19.4. The fourth-order valence-corrected chi connectivity index (χ4v) is 1.80. The van der Waals surface area contributed by atoms with Crippen LogP contribution in [0.1, 0.15) is 16.1 Å². The van der Waals surface area contributed by atoms with Crippen molar-refractivity contribution in [3.63, 3.8) is 0 Å². The third-order valence-corrected chi connectivity index (χ3v) is 2.82. The first-order valence-corrected chi connectivity index (χ1v) is 5.85. The zero-order valence-electron chi connectivity index (χ0n) is 10.9. The van der Waals surface area contributed by atoms with Crippen LogP contribution in [0.15, 0.2) is 36.4 Å². The molecule has 7 heteroatoms. The number of halogens is 3. The Morgan fingerprint density at radius 3 is 2.52 bits per heavy atom. The minimum absolute atomic E-state index is 0.00859. The molecule has 1 aromatic carbocycles. The minimum atomic E-state index is -4.44. The van der Waals surface area contributed by atoms with Gasteiger partial charge in [0.2, 0.25) is 0 Å². The molecule has 1 heterocycles. The van der Waals surface area contributed by atoms with E-state index in [-0.39, 0.29) is 17.1 Å². The number of hydrogen-bond donors (Lipinski definition) is 1. The number of ether oxygens (including phenoxy) is 1. The number of nitrogen functional groups attached to an aromatic ring is 1. The molecule has 0 aliphatic rings. The van der Waals surface area contributed by atoms with Gasteiger partial charge in [-0.3, -0.25) is 0 Å². The summed E-state index contributed by atoms with van der Waals surface area (Å²) in [6.45, 7) is 0. The van der Waals surface area contributed by atoms with Crippen LogP contribution in [-0.4, -0.2) is 18.1 Å². The summed E-state index contributed by atoms with van der Waals surface area (Å²) in [6.07, 6.45) is -4.44. The maximum Gasteiger partial charge on any atom is 0.416 e. The van der Waals surface area contributed by atoms with Crippen molar-refractivity contribution in [2.24, 2.45) is 0 Å².